The number of benzene rings is 1. The van der Waals surface area contributed by atoms with Crippen molar-refractivity contribution in [2.75, 3.05) is 0 Å². The summed E-state index contributed by atoms with van der Waals surface area (Å²) in [6.45, 7) is 5.69. The number of primary amides is 1. The molecule has 0 bridgehead atoms. The molecule has 0 aliphatic heterocycles. The Bertz CT molecular complexity index is 714. The molecule has 23 heavy (non-hydrogen) atoms. The van der Waals surface area contributed by atoms with Crippen molar-refractivity contribution in [3.63, 3.8) is 0 Å². The van der Waals surface area contributed by atoms with Crippen LogP contribution in [0.25, 0.3) is 11.5 Å². The average Bonchev–Trinajstić information content (AvgIpc) is 2.92. The maximum absolute atomic E-state index is 12.0. The highest BCUT2D eigenvalue weighted by Crippen LogP contribution is 2.29. The van der Waals surface area contributed by atoms with Crippen LogP contribution in [0.5, 0.6) is 0 Å². The second-order valence-corrected chi connectivity index (χ2v) is 6.47. The van der Waals surface area contributed by atoms with E-state index in [2.05, 4.69) is 15.5 Å². The minimum Gasteiger partial charge on any atom is -0.411 e. The lowest BCUT2D eigenvalue weighted by Gasteiger charge is -2.16. The summed E-state index contributed by atoms with van der Waals surface area (Å²) in [4.78, 5) is 22.8. The molecule has 2 rings (SSSR count). The Hall–Kier alpha value is -2.35. The summed E-state index contributed by atoms with van der Waals surface area (Å²) in [6.07, 6.45) is 0. The average molecular weight is 334 g/mol. The Balaban J connectivity index is 2.16. The summed E-state index contributed by atoms with van der Waals surface area (Å²) in [5.74, 6) is -0.143. The van der Waals surface area contributed by atoms with E-state index < -0.39 is 17.2 Å². The molecule has 1 aromatic heterocycles. The van der Waals surface area contributed by atoms with Crippen molar-refractivity contribution in [1.82, 2.24) is 15.5 Å². The second-order valence-electron chi connectivity index (χ2n) is 5.38. The molecular formula is C15H18N4O3S. The van der Waals surface area contributed by atoms with Crippen LogP contribution in [-0.4, -0.2) is 27.4 Å². The molecule has 8 heteroatoms. The van der Waals surface area contributed by atoms with E-state index in [-0.39, 0.29) is 11.1 Å². The van der Waals surface area contributed by atoms with Gasteiger partial charge in [-0.2, -0.15) is 0 Å². The maximum atomic E-state index is 12.0. The lowest BCUT2D eigenvalue weighted by molar-refractivity contribution is -0.120. The van der Waals surface area contributed by atoms with Crippen LogP contribution in [0.2, 0.25) is 0 Å². The Kier molecular flexibility index (Phi) is 5.38. The minimum absolute atomic E-state index is 0.0475. The summed E-state index contributed by atoms with van der Waals surface area (Å²) in [6, 6.07) is 6.79. The number of urea groups is 1. The molecule has 3 N–H and O–H groups in total. The van der Waals surface area contributed by atoms with Crippen LogP contribution in [0.3, 0.4) is 0 Å². The van der Waals surface area contributed by atoms with Gasteiger partial charge in [-0.3, -0.25) is 10.1 Å². The first-order valence-corrected chi connectivity index (χ1v) is 7.92. The summed E-state index contributed by atoms with van der Waals surface area (Å²) < 4.78 is 5.61. The normalized spacial score (nSPS) is 12.2. The van der Waals surface area contributed by atoms with Gasteiger partial charge in [0.15, 0.2) is 0 Å². The zero-order valence-electron chi connectivity index (χ0n) is 13.1. The first-order chi connectivity index (χ1) is 10.9. The smallest absolute Gasteiger partial charge is 0.318 e. The molecule has 7 nitrogen and oxygen atoms in total. The van der Waals surface area contributed by atoms with Crippen LogP contribution >= 0.6 is 11.8 Å². The summed E-state index contributed by atoms with van der Waals surface area (Å²) in [7, 11) is 0. The first-order valence-electron chi connectivity index (χ1n) is 7.04. The van der Waals surface area contributed by atoms with Crippen LogP contribution in [0.4, 0.5) is 4.79 Å². The Labute approximate surface area is 138 Å². The number of thioether (sulfide) groups is 1. The van der Waals surface area contributed by atoms with E-state index >= 15 is 0 Å². The molecule has 0 fully saturated rings. The number of aryl methyl sites for hydroxylation is 1. The molecular weight excluding hydrogens is 316 g/mol. The fourth-order valence-electron chi connectivity index (χ4n) is 1.95. The third-order valence-corrected chi connectivity index (χ3v) is 4.39. The minimum atomic E-state index is -0.882. The predicted octanol–water partition coefficient (Wildman–Crippen LogP) is 2.36. The molecule has 2 aromatic rings. The number of amides is 3. The summed E-state index contributed by atoms with van der Waals surface area (Å²) in [5, 5.41) is 9.74. The van der Waals surface area contributed by atoms with Gasteiger partial charge in [-0.1, -0.05) is 43.3 Å². The van der Waals surface area contributed by atoms with Crippen molar-refractivity contribution < 1.29 is 14.0 Å². The predicted molar refractivity (Wildman–Crippen MR) is 86.7 cm³/mol. The maximum Gasteiger partial charge on any atom is 0.318 e. The zero-order valence-corrected chi connectivity index (χ0v) is 13.9. The Morgan fingerprint density at radius 2 is 2.04 bits per heavy atom. The summed E-state index contributed by atoms with van der Waals surface area (Å²) >= 11 is 1.11. The van der Waals surface area contributed by atoms with Crippen molar-refractivity contribution in [3.8, 4) is 11.5 Å². The van der Waals surface area contributed by atoms with Crippen molar-refractivity contribution in [2.24, 2.45) is 11.7 Å². The number of imide groups is 1. The zero-order chi connectivity index (χ0) is 17.0. The van der Waals surface area contributed by atoms with E-state index in [0.717, 1.165) is 22.9 Å². The van der Waals surface area contributed by atoms with Gasteiger partial charge < -0.3 is 10.2 Å². The van der Waals surface area contributed by atoms with Gasteiger partial charge >= 0.3 is 6.03 Å². The van der Waals surface area contributed by atoms with Gasteiger partial charge in [0.2, 0.25) is 11.8 Å². The van der Waals surface area contributed by atoms with Gasteiger partial charge in [-0.05, 0) is 25.0 Å². The highest BCUT2D eigenvalue weighted by atomic mass is 32.2. The monoisotopic (exact) mass is 334 g/mol. The van der Waals surface area contributed by atoms with Crippen LogP contribution in [0, 0.1) is 12.8 Å². The highest BCUT2D eigenvalue weighted by Gasteiger charge is 2.27. The number of carbonyl (C=O) groups is 2. The quantitative estimate of drug-likeness (QED) is 0.812. The number of nitrogens with one attached hydrogen (secondary N) is 1. The number of hydrogen-bond acceptors (Lipinski definition) is 6. The Morgan fingerprint density at radius 1 is 1.30 bits per heavy atom. The molecule has 0 aliphatic carbocycles. The SMILES string of the molecule is Cc1cccc(-c2nnc(S[C@@H](C(=O)NC(N)=O)C(C)C)o2)c1. The fraction of sp³-hybridized carbons (Fsp3) is 0.333. The number of rotatable bonds is 5. The number of hydrogen-bond donors (Lipinski definition) is 2. The number of carbonyl (C=O) groups excluding carboxylic acids is 2. The molecule has 1 heterocycles. The Morgan fingerprint density at radius 3 is 2.65 bits per heavy atom. The largest absolute Gasteiger partial charge is 0.411 e. The molecule has 0 aliphatic rings. The van der Waals surface area contributed by atoms with Crippen LogP contribution < -0.4 is 11.1 Å². The third kappa shape index (κ3) is 4.56. The van der Waals surface area contributed by atoms with Crippen molar-refractivity contribution >= 4 is 23.7 Å². The molecule has 3 amide bonds. The van der Waals surface area contributed by atoms with E-state index in [9.17, 15) is 9.59 Å². The number of nitrogens with zero attached hydrogens (tertiary/aromatic N) is 2. The van der Waals surface area contributed by atoms with Crippen LogP contribution in [0.15, 0.2) is 33.9 Å². The van der Waals surface area contributed by atoms with Crippen molar-refractivity contribution in [3.05, 3.63) is 29.8 Å². The molecule has 122 valence electrons. The van der Waals surface area contributed by atoms with Gasteiger partial charge in [-0.25, -0.2) is 4.79 Å². The van der Waals surface area contributed by atoms with E-state index in [4.69, 9.17) is 10.2 Å². The third-order valence-electron chi connectivity index (χ3n) is 3.01. The van der Waals surface area contributed by atoms with Gasteiger partial charge in [0, 0.05) is 5.56 Å². The number of aromatic nitrogens is 2. The molecule has 1 atom stereocenters. The van der Waals surface area contributed by atoms with E-state index in [1.807, 2.05) is 45.0 Å². The van der Waals surface area contributed by atoms with Crippen LogP contribution in [0.1, 0.15) is 19.4 Å². The molecule has 0 radical (unpaired) electrons. The second kappa shape index (κ2) is 7.28. The fourth-order valence-corrected chi connectivity index (χ4v) is 2.82. The van der Waals surface area contributed by atoms with Gasteiger partial charge in [0.1, 0.15) is 0 Å². The molecule has 0 saturated heterocycles. The van der Waals surface area contributed by atoms with Gasteiger partial charge in [0.05, 0.1) is 5.25 Å². The van der Waals surface area contributed by atoms with Gasteiger partial charge in [-0.15, -0.1) is 10.2 Å². The first kappa shape index (κ1) is 17.0. The standard InChI is InChI=1S/C15H18N4O3S/c1-8(2)11(12(20)17-14(16)21)23-15-19-18-13(22-15)10-6-4-5-9(3)7-10/h4-8,11H,1-3H3,(H3,16,17,20,21)/t11-/m1/s1. The highest BCUT2D eigenvalue weighted by molar-refractivity contribution is 8.00. The lowest BCUT2D eigenvalue weighted by atomic mass is 10.1. The topological polar surface area (TPSA) is 111 Å². The number of nitrogens with two attached hydrogens (primary N) is 1. The van der Waals surface area contributed by atoms with Crippen LogP contribution in [-0.2, 0) is 4.79 Å². The van der Waals surface area contributed by atoms with Crippen molar-refractivity contribution in [2.45, 2.75) is 31.2 Å². The molecule has 0 unspecified atom stereocenters. The molecule has 0 saturated carbocycles. The molecule has 1 aromatic carbocycles. The van der Waals surface area contributed by atoms with E-state index in [0.29, 0.717) is 5.89 Å². The molecule has 0 spiro atoms. The van der Waals surface area contributed by atoms with E-state index in [1.165, 1.54) is 0 Å². The van der Waals surface area contributed by atoms with E-state index in [1.54, 1.807) is 0 Å². The van der Waals surface area contributed by atoms with Gasteiger partial charge in [0.25, 0.3) is 5.22 Å². The van der Waals surface area contributed by atoms with Crippen molar-refractivity contribution in [1.29, 1.82) is 0 Å². The lowest BCUT2D eigenvalue weighted by Crippen LogP contribution is -2.42. The summed E-state index contributed by atoms with van der Waals surface area (Å²) in [5.41, 5.74) is 6.88.